The average Bonchev–Trinajstić information content (AvgIpc) is 3.13. The number of nitrogens with zero attached hydrogens (tertiary/aromatic N) is 4. The van der Waals surface area contributed by atoms with E-state index in [1.807, 2.05) is 4.57 Å². The zero-order valence-electron chi connectivity index (χ0n) is 16.2. The van der Waals surface area contributed by atoms with E-state index in [0.717, 1.165) is 0 Å². The van der Waals surface area contributed by atoms with Gasteiger partial charge in [-0.2, -0.15) is 0 Å². The maximum atomic E-state index is 12.4. The Labute approximate surface area is 172 Å². The summed E-state index contributed by atoms with van der Waals surface area (Å²) >= 11 is 0. The Morgan fingerprint density at radius 2 is 1.97 bits per heavy atom. The molecular formula is C18H22N5O6P. The predicted molar refractivity (Wildman–Crippen MR) is 107 cm³/mol. The molecular weight excluding hydrogens is 413 g/mol. The number of fused-ring (bicyclic) bond motifs is 1. The van der Waals surface area contributed by atoms with Gasteiger partial charge in [0, 0.05) is 18.6 Å². The number of nitrogens with two attached hydrogens (primary N) is 1. The van der Waals surface area contributed by atoms with E-state index < -0.39 is 7.82 Å². The number of phosphoric acid groups is 1. The molecule has 0 saturated heterocycles. The molecule has 0 radical (unpaired) electrons. The molecule has 3 aromatic rings. The second-order valence-corrected chi connectivity index (χ2v) is 8.40. The highest BCUT2D eigenvalue weighted by Crippen LogP contribution is 2.50. The van der Waals surface area contributed by atoms with Crippen molar-refractivity contribution in [2.24, 2.45) is 11.8 Å². The fourth-order valence-electron chi connectivity index (χ4n) is 3.64. The summed E-state index contributed by atoms with van der Waals surface area (Å²) in [5.74, 6) is 0.725. The molecule has 1 aliphatic rings. The van der Waals surface area contributed by atoms with E-state index >= 15 is 0 Å². The van der Waals surface area contributed by atoms with Crippen molar-refractivity contribution in [2.75, 3.05) is 26.1 Å². The van der Waals surface area contributed by atoms with Crippen molar-refractivity contribution in [1.29, 1.82) is 0 Å². The number of nitrogen functional groups attached to an aromatic ring is 1. The number of aliphatic hydroxyl groups excluding tert-OH is 1. The van der Waals surface area contributed by atoms with Gasteiger partial charge in [-0.25, -0.2) is 19.5 Å². The molecule has 11 nitrogen and oxygen atoms in total. The van der Waals surface area contributed by atoms with E-state index in [0.29, 0.717) is 23.3 Å². The van der Waals surface area contributed by atoms with Crippen molar-refractivity contribution in [1.82, 2.24) is 19.5 Å². The number of benzene rings is 1. The van der Waals surface area contributed by atoms with Gasteiger partial charge in [0.05, 0.1) is 20.0 Å². The molecule has 2 aromatic heterocycles. The first kappa shape index (κ1) is 20.5. The summed E-state index contributed by atoms with van der Waals surface area (Å²) in [4.78, 5) is 22.5. The minimum atomic E-state index is -4.36. The first-order valence-electron chi connectivity index (χ1n) is 9.26. The van der Waals surface area contributed by atoms with E-state index in [9.17, 15) is 14.6 Å². The Morgan fingerprint density at radius 1 is 1.23 bits per heavy atom. The van der Waals surface area contributed by atoms with Crippen molar-refractivity contribution in [3.8, 4) is 11.5 Å². The van der Waals surface area contributed by atoms with E-state index in [1.165, 1.54) is 25.6 Å². The molecule has 1 aromatic carbocycles. The molecule has 4 N–H and O–H groups in total. The van der Waals surface area contributed by atoms with Crippen LogP contribution in [-0.4, -0.2) is 49.8 Å². The Balaban J connectivity index is 1.46. The normalized spacial score (nSPS) is 23.0. The zero-order valence-corrected chi connectivity index (χ0v) is 17.1. The quantitative estimate of drug-likeness (QED) is 0.446. The summed E-state index contributed by atoms with van der Waals surface area (Å²) in [6.07, 6.45) is 3.61. The van der Waals surface area contributed by atoms with Crippen molar-refractivity contribution in [3.05, 3.63) is 36.9 Å². The molecule has 1 saturated carbocycles. The Bertz CT molecular complexity index is 1070. The molecule has 2 heterocycles. The molecule has 0 spiro atoms. The number of aliphatic hydroxyl groups is 1. The first-order valence-corrected chi connectivity index (χ1v) is 10.8. The van der Waals surface area contributed by atoms with Gasteiger partial charge in [-0.3, -0.25) is 9.42 Å². The van der Waals surface area contributed by atoms with Crippen LogP contribution in [0.1, 0.15) is 12.5 Å². The number of phosphoric ester groups is 1. The van der Waals surface area contributed by atoms with Gasteiger partial charge in [0.1, 0.15) is 23.3 Å². The number of ether oxygens (including phenoxy) is 1. The van der Waals surface area contributed by atoms with Gasteiger partial charge in [-0.05, 0) is 36.6 Å². The fraction of sp³-hybridized carbons (Fsp3) is 0.389. The average molecular weight is 435 g/mol. The highest BCUT2D eigenvalue weighted by molar-refractivity contribution is 7.47. The number of hydrogen-bond donors (Lipinski definition) is 3. The molecule has 160 valence electrons. The molecule has 0 aliphatic heterocycles. The van der Waals surface area contributed by atoms with Crippen LogP contribution in [0.2, 0.25) is 0 Å². The molecule has 4 rings (SSSR count). The van der Waals surface area contributed by atoms with Gasteiger partial charge in [0.15, 0.2) is 11.5 Å². The first-order chi connectivity index (χ1) is 14.4. The van der Waals surface area contributed by atoms with Crippen LogP contribution in [0, 0.1) is 11.8 Å². The minimum Gasteiger partial charge on any atom is -0.497 e. The van der Waals surface area contributed by atoms with Crippen LogP contribution in [-0.2, 0) is 9.09 Å². The Hall–Kier alpha value is -2.72. The number of rotatable bonds is 8. The number of hydrogen-bond acceptors (Lipinski definition) is 9. The highest BCUT2D eigenvalue weighted by Gasteiger charge is 2.44. The highest BCUT2D eigenvalue weighted by atomic mass is 31.2. The number of aromatic nitrogens is 4. The van der Waals surface area contributed by atoms with E-state index in [-0.39, 0.29) is 42.7 Å². The lowest BCUT2D eigenvalue weighted by Gasteiger charge is -2.44. The van der Waals surface area contributed by atoms with Crippen LogP contribution in [0.3, 0.4) is 0 Å². The van der Waals surface area contributed by atoms with Crippen LogP contribution in [0.5, 0.6) is 11.5 Å². The maximum Gasteiger partial charge on any atom is 0.527 e. The van der Waals surface area contributed by atoms with Crippen LogP contribution in [0.4, 0.5) is 5.82 Å². The molecule has 30 heavy (non-hydrogen) atoms. The van der Waals surface area contributed by atoms with Crippen molar-refractivity contribution < 1.29 is 28.3 Å². The molecule has 4 atom stereocenters. The van der Waals surface area contributed by atoms with Gasteiger partial charge >= 0.3 is 7.82 Å². The summed E-state index contributed by atoms with van der Waals surface area (Å²) in [6.45, 7) is -0.149. The van der Waals surface area contributed by atoms with Crippen molar-refractivity contribution in [2.45, 2.75) is 12.5 Å². The van der Waals surface area contributed by atoms with Crippen molar-refractivity contribution >= 4 is 24.8 Å². The predicted octanol–water partition coefficient (Wildman–Crippen LogP) is 1.78. The van der Waals surface area contributed by atoms with Gasteiger partial charge in [0.2, 0.25) is 0 Å². The molecule has 12 heteroatoms. The fourth-order valence-corrected chi connectivity index (χ4v) is 4.45. The second-order valence-electron chi connectivity index (χ2n) is 7.02. The summed E-state index contributed by atoms with van der Waals surface area (Å²) in [6, 6.07) is 6.11. The number of methoxy groups -OCH3 is 1. The van der Waals surface area contributed by atoms with E-state index in [4.69, 9.17) is 19.5 Å². The largest absolute Gasteiger partial charge is 0.527 e. The summed E-state index contributed by atoms with van der Waals surface area (Å²) < 4.78 is 29.6. The summed E-state index contributed by atoms with van der Waals surface area (Å²) in [5, 5.41) is 9.64. The van der Waals surface area contributed by atoms with Crippen LogP contribution in [0.15, 0.2) is 36.9 Å². The lowest BCUT2D eigenvalue weighted by Crippen LogP contribution is -2.43. The third kappa shape index (κ3) is 3.97. The topological polar surface area (TPSA) is 155 Å². The lowest BCUT2D eigenvalue weighted by molar-refractivity contribution is -0.00476. The molecule has 1 unspecified atom stereocenters. The molecule has 1 aliphatic carbocycles. The monoisotopic (exact) mass is 435 g/mol. The van der Waals surface area contributed by atoms with Crippen LogP contribution < -0.4 is 15.0 Å². The number of anilines is 1. The Morgan fingerprint density at radius 3 is 2.67 bits per heavy atom. The van der Waals surface area contributed by atoms with E-state index in [1.54, 1.807) is 18.5 Å². The number of imidazole rings is 1. The van der Waals surface area contributed by atoms with Gasteiger partial charge in [-0.1, -0.05) is 0 Å². The maximum absolute atomic E-state index is 12.4. The van der Waals surface area contributed by atoms with Crippen LogP contribution in [0.25, 0.3) is 11.2 Å². The third-order valence-corrected chi connectivity index (χ3v) is 6.25. The van der Waals surface area contributed by atoms with Gasteiger partial charge in [-0.15, -0.1) is 0 Å². The smallest absolute Gasteiger partial charge is 0.497 e. The van der Waals surface area contributed by atoms with Crippen molar-refractivity contribution in [3.63, 3.8) is 0 Å². The van der Waals surface area contributed by atoms with Gasteiger partial charge in [0.25, 0.3) is 0 Å². The second kappa shape index (κ2) is 8.19. The summed E-state index contributed by atoms with van der Waals surface area (Å²) in [5.41, 5.74) is 6.89. The Kier molecular flexibility index (Phi) is 5.61. The standard InChI is InChI=1S/C18H22N5O6P/c1-27-12-2-4-13(5-3-12)29-30(25,26)28-8-14-11(7-24)6-15(14)23-10-22-16-17(19)20-9-21-18(16)23/h2-5,9-11,14-15,24H,6-8H2,1H3,(H,25,26)(H2,19,20,21)/t11-,14+,15-/m1/s1. The summed E-state index contributed by atoms with van der Waals surface area (Å²) in [7, 11) is -2.84. The van der Waals surface area contributed by atoms with E-state index in [2.05, 4.69) is 15.0 Å². The SMILES string of the molecule is COc1ccc(OP(=O)(O)OC[C@H]2[C@@H](CO)C[C@H]2n2cnc3c(N)ncnc32)cc1. The zero-order chi connectivity index (χ0) is 21.3. The molecule has 0 bridgehead atoms. The lowest BCUT2D eigenvalue weighted by atomic mass is 9.70. The van der Waals surface area contributed by atoms with Gasteiger partial charge < -0.3 is 24.7 Å². The van der Waals surface area contributed by atoms with Crippen LogP contribution >= 0.6 is 7.82 Å². The third-order valence-electron chi connectivity index (χ3n) is 5.33. The molecule has 1 fully saturated rings. The minimum absolute atomic E-state index is 0.0661. The molecule has 0 amide bonds.